The van der Waals surface area contributed by atoms with Gasteiger partial charge in [-0.1, -0.05) is 30.3 Å². The van der Waals surface area contributed by atoms with Crippen molar-refractivity contribution in [1.29, 1.82) is 0 Å². The number of nitrogens with zero attached hydrogens (tertiary/aromatic N) is 2. The molecule has 0 saturated heterocycles. The smallest absolute Gasteiger partial charge is 0.224 e. The Balaban J connectivity index is 1.13. The number of pyridine rings is 1. The maximum atomic E-state index is 13.1. The van der Waals surface area contributed by atoms with Crippen LogP contribution in [-0.4, -0.2) is 22.3 Å². The fourth-order valence-corrected chi connectivity index (χ4v) is 7.65. The van der Waals surface area contributed by atoms with Gasteiger partial charge in [-0.2, -0.15) is 0 Å². The summed E-state index contributed by atoms with van der Waals surface area (Å²) < 4.78 is 0. The summed E-state index contributed by atoms with van der Waals surface area (Å²) in [5.41, 5.74) is 4.99. The number of amides is 1. The molecule has 1 aromatic carbocycles. The van der Waals surface area contributed by atoms with E-state index in [-0.39, 0.29) is 5.91 Å². The van der Waals surface area contributed by atoms with Gasteiger partial charge in [0.25, 0.3) is 0 Å². The fraction of sp³-hybridized carbons (Fsp3) is 0.556. The molecule has 4 heteroatoms. The van der Waals surface area contributed by atoms with Gasteiger partial charge in [0, 0.05) is 37.9 Å². The van der Waals surface area contributed by atoms with Gasteiger partial charge in [0.1, 0.15) is 0 Å². The minimum Gasteiger partial charge on any atom is -0.326 e. The van der Waals surface area contributed by atoms with Gasteiger partial charge in [0.15, 0.2) is 0 Å². The van der Waals surface area contributed by atoms with Crippen molar-refractivity contribution >= 4 is 11.6 Å². The standard InChI is InChI=1S/C27H33N3O/c31-26(16-27-13-20-10-21(14-27)12-22(11-20)15-27)29-24-6-8-28-25-18-30(9-7-23(24)25)17-19-4-2-1-3-5-19/h1-6,8,20-22H,7,9-18H2,(H,28,29,31). The fourth-order valence-electron chi connectivity index (χ4n) is 7.65. The van der Waals surface area contributed by atoms with E-state index in [0.29, 0.717) is 11.8 Å². The number of rotatable bonds is 5. The van der Waals surface area contributed by atoms with Crippen LogP contribution in [0.4, 0.5) is 5.69 Å². The van der Waals surface area contributed by atoms with Gasteiger partial charge in [-0.25, -0.2) is 0 Å². The average Bonchev–Trinajstić information content (AvgIpc) is 2.73. The van der Waals surface area contributed by atoms with Gasteiger partial charge < -0.3 is 5.32 Å². The Bertz CT molecular complexity index is 934. The Kier molecular flexibility index (Phi) is 4.86. The second-order valence-electron chi connectivity index (χ2n) is 10.9. The summed E-state index contributed by atoms with van der Waals surface area (Å²) in [6.07, 6.45) is 11.7. The number of hydrogen-bond donors (Lipinski definition) is 1. The summed E-state index contributed by atoms with van der Waals surface area (Å²) in [7, 11) is 0. The Morgan fingerprint density at radius 2 is 1.74 bits per heavy atom. The van der Waals surface area contributed by atoms with Crippen LogP contribution < -0.4 is 5.32 Å². The highest BCUT2D eigenvalue weighted by Crippen LogP contribution is 2.61. The van der Waals surface area contributed by atoms with E-state index in [9.17, 15) is 4.79 Å². The van der Waals surface area contributed by atoms with E-state index in [1.165, 1.54) is 49.7 Å². The average molecular weight is 416 g/mol. The molecule has 31 heavy (non-hydrogen) atoms. The molecule has 0 spiro atoms. The molecule has 0 unspecified atom stereocenters. The molecule has 1 aromatic heterocycles. The molecule has 4 bridgehead atoms. The summed E-state index contributed by atoms with van der Waals surface area (Å²) in [6, 6.07) is 12.6. The number of fused-ring (bicyclic) bond motifs is 1. The Labute approximate surface area is 185 Å². The van der Waals surface area contributed by atoms with E-state index >= 15 is 0 Å². The highest BCUT2D eigenvalue weighted by Gasteiger charge is 2.51. The zero-order valence-corrected chi connectivity index (χ0v) is 18.4. The first-order chi connectivity index (χ1) is 15.1. The zero-order valence-electron chi connectivity index (χ0n) is 18.4. The van der Waals surface area contributed by atoms with Gasteiger partial charge in [0.05, 0.1) is 5.69 Å². The molecule has 2 heterocycles. The van der Waals surface area contributed by atoms with Crippen molar-refractivity contribution < 1.29 is 4.79 Å². The van der Waals surface area contributed by atoms with Crippen LogP contribution in [0.3, 0.4) is 0 Å². The first-order valence-electron chi connectivity index (χ1n) is 12.2. The van der Waals surface area contributed by atoms with Crippen LogP contribution in [0.15, 0.2) is 42.6 Å². The van der Waals surface area contributed by atoms with Crippen LogP contribution in [0, 0.1) is 23.2 Å². The third-order valence-corrected chi connectivity index (χ3v) is 8.42. The predicted octanol–water partition coefficient (Wildman–Crippen LogP) is 5.18. The number of nitrogens with one attached hydrogen (secondary N) is 1. The highest BCUT2D eigenvalue weighted by molar-refractivity contribution is 5.92. The summed E-state index contributed by atoms with van der Waals surface area (Å²) in [6.45, 7) is 2.80. The predicted molar refractivity (Wildman–Crippen MR) is 122 cm³/mol. The number of benzene rings is 1. The number of anilines is 1. The van der Waals surface area contributed by atoms with Crippen molar-refractivity contribution in [3.63, 3.8) is 0 Å². The van der Waals surface area contributed by atoms with Crippen molar-refractivity contribution in [2.75, 3.05) is 11.9 Å². The molecule has 1 aliphatic heterocycles. The van der Waals surface area contributed by atoms with E-state index in [4.69, 9.17) is 0 Å². The summed E-state index contributed by atoms with van der Waals surface area (Å²) in [5.74, 6) is 2.90. The molecule has 0 radical (unpaired) electrons. The van der Waals surface area contributed by atoms with E-state index in [0.717, 1.165) is 55.2 Å². The summed E-state index contributed by atoms with van der Waals surface area (Å²) in [4.78, 5) is 20.3. The topological polar surface area (TPSA) is 45.2 Å². The van der Waals surface area contributed by atoms with Gasteiger partial charge >= 0.3 is 0 Å². The first kappa shape index (κ1) is 19.5. The van der Waals surface area contributed by atoms with Crippen LogP contribution in [0.2, 0.25) is 0 Å². The third-order valence-electron chi connectivity index (χ3n) is 8.42. The second-order valence-corrected chi connectivity index (χ2v) is 10.9. The van der Waals surface area contributed by atoms with Crippen LogP contribution in [-0.2, 0) is 24.3 Å². The lowest BCUT2D eigenvalue weighted by atomic mass is 9.49. The largest absolute Gasteiger partial charge is 0.326 e. The molecule has 4 saturated carbocycles. The Morgan fingerprint density at radius 1 is 1.03 bits per heavy atom. The molecular weight excluding hydrogens is 382 g/mol. The van der Waals surface area contributed by atoms with Crippen LogP contribution >= 0.6 is 0 Å². The minimum absolute atomic E-state index is 0.224. The Morgan fingerprint density at radius 3 is 2.45 bits per heavy atom. The lowest BCUT2D eigenvalue weighted by Crippen LogP contribution is -2.47. The second kappa shape index (κ2) is 7.74. The molecule has 4 fully saturated rings. The van der Waals surface area contributed by atoms with Crippen molar-refractivity contribution in [2.45, 2.75) is 64.5 Å². The molecule has 2 aromatic rings. The van der Waals surface area contributed by atoms with Crippen molar-refractivity contribution in [3.8, 4) is 0 Å². The lowest BCUT2D eigenvalue weighted by molar-refractivity contribution is -0.124. The minimum atomic E-state index is 0.224. The zero-order chi connectivity index (χ0) is 20.8. The maximum absolute atomic E-state index is 13.1. The third kappa shape index (κ3) is 3.91. The lowest BCUT2D eigenvalue weighted by Gasteiger charge is -2.56. The highest BCUT2D eigenvalue weighted by atomic mass is 16.1. The SMILES string of the molecule is O=C(CC12CC3CC(CC(C3)C1)C2)Nc1ccnc2c1CCN(Cc1ccccc1)C2. The van der Waals surface area contributed by atoms with Crippen molar-refractivity contribution in [2.24, 2.45) is 23.2 Å². The first-order valence-corrected chi connectivity index (χ1v) is 12.2. The molecule has 1 N–H and O–H groups in total. The van der Waals surface area contributed by atoms with Gasteiger partial charge in [0.2, 0.25) is 5.91 Å². The summed E-state index contributed by atoms with van der Waals surface area (Å²) >= 11 is 0. The molecule has 4 aliphatic carbocycles. The molecule has 0 atom stereocenters. The van der Waals surface area contributed by atoms with E-state index in [1.54, 1.807) is 0 Å². The van der Waals surface area contributed by atoms with E-state index in [1.807, 2.05) is 12.3 Å². The maximum Gasteiger partial charge on any atom is 0.224 e. The molecule has 7 rings (SSSR count). The normalized spacial score (nSPS) is 31.4. The van der Waals surface area contributed by atoms with E-state index < -0.39 is 0 Å². The van der Waals surface area contributed by atoms with Crippen molar-refractivity contribution in [1.82, 2.24) is 9.88 Å². The van der Waals surface area contributed by atoms with Gasteiger partial charge in [-0.3, -0.25) is 14.7 Å². The van der Waals surface area contributed by atoms with Crippen molar-refractivity contribution in [3.05, 3.63) is 59.4 Å². The van der Waals surface area contributed by atoms with Gasteiger partial charge in [-0.15, -0.1) is 0 Å². The quantitative estimate of drug-likeness (QED) is 0.731. The molecule has 4 nitrogen and oxygen atoms in total. The number of hydrogen-bond acceptors (Lipinski definition) is 3. The van der Waals surface area contributed by atoms with Gasteiger partial charge in [-0.05, 0) is 85.3 Å². The summed E-state index contributed by atoms with van der Waals surface area (Å²) in [5, 5.41) is 3.31. The van der Waals surface area contributed by atoms with Crippen LogP contribution in [0.1, 0.15) is 61.8 Å². The molecule has 1 amide bonds. The number of carbonyl (C=O) groups excluding carboxylic acids is 1. The molecular formula is C27H33N3O. The molecule has 162 valence electrons. The monoisotopic (exact) mass is 415 g/mol. The number of aromatic nitrogens is 1. The number of carbonyl (C=O) groups is 1. The van der Waals surface area contributed by atoms with E-state index in [2.05, 4.69) is 45.5 Å². The molecule has 5 aliphatic rings. The van der Waals surface area contributed by atoms with Crippen LogP contribution in [0.25, 0.3) is 0 Å². The van der Waals surface area contributed by atoms with Crippen LogP contribution in [0.5, 0.6) is 0 Å². The Hall–Kier alpha value is -2.20.